The summed E-state index contributed by atoms with van der Waals surface area (Å²) in [5.41, 5.74) is 3.64. The van der Waals surface area contributed by atoms with E-state index in [0.29, 0.717) is 13.1 Å². The minimum atomic E-state index is -0.819. The van der Waals surface area contributed by atoms with E-state index < -0.39 is 6.09 Å². The van der Waals surface area contributed by atoms with Crippen molar-refractivity contribution in [2.75, 3.05) is 26.2 Å². The normalized spacial score (nSPS) is 15.6. The van der Waals surface area contributed by atoms with Gasteiger partial charge in [-0.25, -0.2) is 4.79 Å². The molecule has 0 radical (unpaired) electrons. The maximum absolute atomic E-state index is 11.1. The average Bonchev–Trinajstić information content (AvgIpc) is 3.02. The van der Waals surface area contributed by atoms with E-state index in [1.165, 1.54) is 21.4 Å². The predicted molar refractivity (Wildman–Crippen MR) is 98.1 cm³/mol. The Balaban J connectivity index is 1.62. The number of nitrogens with zero attached hydrogens (tertiary/aromatic N) is 3. The van der Waals surface area contributed by atoms with E-state index in [4.69, 9.17) is 5.11 Å². The Kier molecular flexibility index (Phi) is 4.15. The fraction of sp³-hybridized carbons (Fsp3) is 0.250. The molecule has 4 rings (SSSR count). The van der Waals surface area contributed by atoms with Crippen molar-refractivity contribution < 1.29 is 9.90 Å². The molecule has 1 N–H and O–H groups in total. The highest BCUT2D eigenvalue weighted by molar-refractivity contribution is 5.85. The molecule has 2 heterocycles. The Morgan fingerprint density at radius 2 is 1.60 bits per heavy atom. The van der Waals surface area contributed by atoms with Crippen molar-refractivity contribution in [2.24, 2.45) is 0 Å². The van der Waals surface area contributed by atoms with Gasteiger partial charge in [0, 0.05) is 50.0 Å². The number of hydrogen-bond acceptors (Lipinski definition) is 2. The first-order valence-corrected chi connectivity index (χ1v) is 8.57. The van der Waals surface area contributed by atoms with Gasteiger partial charge in [0.1, 0.15) is 0 Å². The van der Waals surface area contributed by atoms with Gasteiger partial charge >= 0.3 is 6.09 Å². The number of amides is 1. The number of hydrogen-bond donors (Lipinski definition) is 1. The lowest BCUT2D eigenvalue weighted by Crippen LogP contribution is -2.47. The van der Waals surface area contributed by atoms with Crippen molar-refractivity contribution in [1.82, 2.24) is 14.4 Å². The molecule has 5 heteroatoms. The Hall–Kier alpha value is -2.79. The highest BCUT2D eigenvalue weighted by Crippen LogP contribution is 2.26. The number of carboxylic acid groups (broad SMARTS) is 1. The first-order chi connectivity index (χ1) is 12.2. The zero-order valence-electron chi connectivity index (χ0n) is 14.0. The summed E-state index contributed by atoms with van der Waals surface area (Å²) in [7, 11) is 0. The van der Waals surface area contributed by atoms with Gasteiger partial charge < -0.3 is 14.6 Å². The second-order valence-corrected chi connectivity index (χ2v) is 6.42. The standard InChI is InChI=1S/C20H21N3O2/c24-20(25)22-12-10-21(11-13-22)14-16-15-23(17-6-2-1-3-7-17)19-9-5-4-8-18(16)19/h1-9,15H,10-14H2,(H,24,25). The van der Waals surface area contributed by atoms with Crippen LogP contribution in [0, 0.1) is 0 Å². The van der Waals surface area contributed by atoms with E-state index in [1.807, 2.05) is 6.07 Å². The predicted octanol–water partition coefficient (Wildman–Crippen LogP) is 3.43. The third-order valence-corrected chi connectivity index (χ3v) is 4.87. The highest BCUT2D eigenvalue weighted by atomic mass is 16.4. The quantitative estimate of drug-likeness (QED) is 0.798. The van der Waals surface area contributed by atoms with E-state index in [0.717, 1.165) is 25.3 Å². The van der Waals surface area contributed by atoms with Crippen LogP contribution in [0.5, 0.6) is 0 Å². The summed E-state index contributed by atoms with van der Waals surface area (Å²) in [5, 5.41) is 10.3. The van der Waals surface area contributed by atoms with E-state index >= 15 is 0 Å². The number of rotatable bonds is 3. The van der Waals surface area contributed by atoms with Gasteiger partial charge in [0.2, 0.25) is 0 Å². The molecule has 3 aromatic rings. The van der Waals surface area contributed by atoms with Crippen molar-refractivity contribution >= 4 is 17.0 Å². The van der Waals surface area contributed by atoms with Crippen LogP contribution in [0.1, 0.15) is 5.56 Å². The van der Waals surface area contributed by atoms with E-state index in [1.54, 1.807) is 0 Å². The number of benzene rings is 2. The summed E-state index contributed by atoms with van der Waals surface area (Å²) < 4.78 is 2.23. The van der Waals surface area contributed by atoms with Crippen LogP contribution in [0.15, 0.2) is 60.8 Å². The molecule has 0 spiro atoms. The summed E-state index contributed by atoms with van der Waals surface area (Å²) in [6.45, 7) is 3.54. The van der Waals surface area contributed by atoms with Crippen LogP contribution in [0.2, 0.25) is 0 Å². The number of para-hydroxylation sites is 2. The molecular formula is C20H21N3O2. The molecule has 1 aromatic heterocycles. The summed E-state index contributed by atoms with van der Waals surface area (Å²) >= 11 is 0. The van der Waals surface area contributed by atoms with Gasteiger partial charge in [0.05, 0.1) is 5.52 Å². The number of fused-ring (bicyclic) bond motifs is 1. The molecule has 25 heavy (non-hydrogen) atoms. The van der Waals surface area contributed by atoms with Crippen LogP contribution >= 0.6 is 0 Å². The van der Waals surface area contributed by atoms with Gasteiger partial charge in [-0.15, -0.1) is 0 Å². The zero-order chi connectivity index (χ0) is 17.2. The first-order valence-electron chi connectivity index (χ1n) is 8.57. The van der Waals surface area contributed by atoms with Crippen LogP contribution in [-0.2, 0) is 6.54 Å². The van der Waals surface area contributed by atoms with E-state index in [2.05, 4.69) is 64.2 Å². The Morgan fingerprint density at radius 3 is 2.32 bits per heavy atom. The Labute approximate surface area is 146 Å². The minimum absolute atomic E-state index is 0.576. The first kappa shape index (κ1) is 15.7. The lowest BCUT2D eigenvalue weighted by Gasteiger charge is -2.32. The Bertz CT molecular complexity index is 880. The molecule has 0 bridgehead atoms. The molecule has 0 atom stereocenters. The van der Waals surface area contributed by atoms with Gasteiger partial charge in [-0.2, -0.15) is 0 Å². The number of aromatic nitrogens is 1. The summed E-state index contributed by atoms with van der Waals surface area (Å²) in [6.07, 6.45) is 1.39. The van der Waals surface area contributed by atoms with E-state index in [-0.39, 0.29) is 0 Å². The summed E-state index contributed by atoms with van der Waals surface area (Å²) in [4.78, 5) is 14.9. The molecular weight excluding hydrogens is 314 g/mol. The van der Waals surface area contributed by atoms with Crippen molar-refractivity contribution in [1.29, 1.82) is 0 Å². The molecule has 0 unspecified atom stereocenters. The van der Waals surface area contributed by atoms with E-state index in [9.17, 15) is 4.79 Å². The van der Waals surface area contributed by atoms with Crippen molar-refractivity contribution in [2.45, 2.75) is 6.54 Å². The third-order valence-electron chi connectivity index (χ3n) is 4.87. The molecule has 5 nitrogen and oxygen atoms in total. The fourth-order valence-corrected chi connectivity index (χ4v) is 3.52. The van der Waals surface area contributed by atoms with Crippen LogP contribution in [0.3, 0.4) is 0 Å². The lowest BCUT2D eigenvalue weighted by molar-refractivity contribution is 0.103. The van der Waals surface area contributed by atoms with Crippen molar-refractivity contribution in [3.63, 3.8) is 0 Å². The monoisotopic (exact) mass is 335 g/mol. The second kappa shape index (κ2) is 6.61. The summed E-state index contributed by atoms with van der Waals surface area (Å²) in [5.74, 6) is 0. The smallest absolute Gasteiger partial charge is 0.407 e. The maximum Gasteiger partial charge on any atom is 0.407 e. The van der Waals surface area contributed by atoms with Gasteiger partial charge in [-0.3, -0.25) is 4.90 Å². The molecule has 0 saturated carbocycles. The maximum atomic E-state index is 11.1. The molecule has 0 aliphatic carbocycles. The minimum Gasteiger partial charge on any atom is -0.465 e. The number of carbonyl (C=O) groups is 1. The highest BCUT2D eigenvalue weighted by Gasteiger charge is 2.21. The molecule has 1 aliphatic rings. The summed E-state index contributed by atoms with van der Waals surface area (Å²) in [6, 6.07) is 18.8. The SMILES string of the molecule is O=C(O)N1CCN(Cc2cn(-c3ccccc3)c3ccccc23)CC1. The molecule has 1 saturated heterocycles. The average molecular weight is 335 g/mol. The lowest BCUT2D eigenvalue weighted by atomic mass is 10.1. The van der Waals surface area contributed by atoms with Crippen LogP contribution < -0.4 is 0 Å². The molecule has 1 aliphatic heterocycles. The molecule has 2 aromatic carbocycles. The topological polar surface area (TPSA) is 48.7 Å². The van der Waals surface area contributed by atoms with Gasteiger partial charge in [-0.1, -0.05) is 36.4 Å². The van der Waals surface area contributed by atoms with Crippen LogP contribution in [0.25, 0.3) is 16.6 Å². The fourth-order valence-electron chi connectivity index (χ4n) is 3.52. The second-order valence-electron chi connectivity index (χ2n) is 6.42. The van der Waals surface area contributed by atoms with Crippen LogP contribution in [0.4, 0.5) is 4.79 Å². The van der Waals surface area contributed by atoms with Gasteiger partial charge in [-0.05, 0) is 23.8 Å². The van der Waals surface area contributed by atoms with Gasteiger partial charge in [0.25, 0.3) is 0 Å². The largest absolute Gasteiger partial charge is 0.465 e. The Morgan fingerprint density at radius 1 is 0.920 bits per heavy atom. The molecule has 1 amide bonds. The zero-order valence-corrected chi connectivity index (χ0v) is 14.0. The third kappa shape index (κ3) is 3.10. The van der Waals surface area contributed by atoms with Crippen molar-refractivity contribution in [3.05, 3.63) is 66.4 Å². The molecule has 1 fully saturated rings. The van der Waals surface area contributed by atoms with Gasteiger partial charge in [0.15, 0.2) is 0 Å². The van der Waals surface area contributed by atoms with Crippen molar-refractivity contribution in [3.8, 4) is 5.69 Å². The van der Waals surface area contributed by atoms with Crippen LogP contribution in [-0.4, -0.2) is 51.7 Å². The number of piperazine rings is 1. The molecule has 128 valence electrons.